The van der Waals surface area contributed by atoms with E-state index >= 15 is 0 Å². The number of hydrogen-bond acceptors (Lipinski definition) is 5. The van der Waals surface area contributed by atoms with Crippen molar-refractivity contribution in [3.63, 3.8) is 0 Å². The number of carbonyl (C=O) groups excluding carboxylic acids is 1. The van der Waals surface area contributed by atoms with E-state index in [-0.39, 0.29) is 6.42 Å². The van der Waals surface area contributed by atoms with Crippen LogP contribution < -0.4 is 5.32 Å². The predicted molar refractivity (Wildman–Crippen MR) is 153 cm³/mol. The van der Waals surface area contributed by atoms with Crippen LogP contribution in [-0.4, -0.2) is 53.1 Å². The average molecular weight is 544 g/mol. The van der Waals surface area contributed by atoms with E-state index in [9.17, 15) is 28.0 Å². The van der Waals surface area contributed by atoms with E-state index in [4.69, 9.17) is 0 Å². The third kappa shape index (κ3) is 23.4. The second-order valence-corrected chi connectivity index (χ2v) is 11.3. The Kier molecular flexibility index (Phi) is 22.7. The van der Waals surface area contributed by atoms with Crippen molar-refractivity contribution in [2.24, 2.45) is 0 Å². The van der Waals surface area contributed by atoms with Crippen LogP contribution in [0.4, 0.5) is 0 Å². The number of aliphatic hydroxyl groups excluding tert-OH is 2. The van der Waals surface area contributed by atoms with Crippen molar-refractivity contribution in [1.82, 2.24) is 5.32 Å². The first-order valence-corrected chi connectivity index (χ1v) is 15.9. The number of carbonyl (C=O) groups is 1. The fraction of sp³-hybridized carbons (Fsp3) is 0.759. The van der Waals surface area contributed by atoms with E-state index in [0.717, 1.165) is 38.5 Å². The van der Waals surface area contributed by atoms with Crippen molar-refractivity contribution in [2.75, 3.05) is 5.75 Å². The molecule has 0 spiro atoms. The van der Waals surface area contributed by atoms with Crippen LogP contribution in [0.1, 0.15) is 117 Å². The summed E-state index contributed by atoms with van der Waals surface area (Å²) in [6.07, 6.45) is 25.1. The van der Waals surface area contributed by atoms with Gasteiger partial charge in [0.05, 0.1) is 17.9 Å². The second kappa shape index (κ2) is 23.6. The first-order chi connectivity index (χ1) is 17.7. The Hall–Kier alpha value is -1.48. The molecule has 0 fully saturated rings. The number of unbranched alkanes of at least 4 members (excludes halogenated alkanes) is 11. The maximum absolute atomic E-state index is 12.4. The quantitative estimate of drug-likeness (QED) is 0.0669. The van der Waals surface area contributed by atoms with Crippen LogP contribution in [0, 0.1) is 0 Å². The summed E-state index contributed by atoms with van der Waals surface area (Å²) in [4.78, 5) is 12.4. The molecule has 0 aromatic heterocycles. The largest absolute Gasteiger partial charge is 0.387 e. The molecule has 0 radical (unpaired) electrons. The summed E-state index contributed by atoms with van der Waals surface area (Å²) >= 11 is 0. The standard InChI is InChI=1S/C29H53NO6S/c1-3-5-7-9-11-13-14-16-17-19-21-23-27(31)26(25-37(34,35)36)30-29(33)28(32)24-22-20-18-15-12-10-8-6-4-2/h10,12,14,16,21,23,26-28,31-32H,3-9,11,13,15,17-20,22,24-25H2,1-2H3,(H,30,33)(H,34,35,36)/b12-10-,16-14+,23-21+. The first kappa shape index (κ1) is 35.5. The van der Waals surface area contributed by atoms with Crippen LogP contribution in [0.5, 0.6) is 0 Å². The smallest absolute Gasteiger partial charge is 0.267 e. The van der Waals surface area contributed by atoms with Gasteiger partial charge in [-0.2, -0.15) is 8.42 Å². The summed E-state index contributed by atoms with van der Waals surface area (Å²) in [6.45, 7) is 4.36. The lowest BCUT2D eigenvalue weighted by atomic mass is 10.1. The van der Waals surface area contributed by atoms with Crippen molar-refractivity contribution in [2.45, 2.75) is 135 Å². The molecule has 3 atom stereocenters. The Balaban J connectivity index is 4.42. The van der Waals surface area contributed by atoms with Crippen LogP contribution in [0.2, 0.25) is 0 Å². The molecule has 0 aliphatic carbocycles. The molecule has 0 aliphatic rings. The molecule has 0 rings (SSSR count). The van der Waals surface area contributed by atoms with Crippen LogP contribution in [-0.2, 0) is 14.9 Å². The maximum Gasteiger partial charge on any atom is 0.267 e. The molecule has 7 nitrogen and oxygen atoms in total. The highest BCUT2D eigenvalue weighted by molar-refractivity contribution is 7.85. The molecule has 0 saturated carbocycles. The van der Waals surface area contributed by atoms with Crippen molar-refractivity contribution >= 4 is 16.0 Å². The normalized spacial score (nSPS) is 15.1. The minimum atomic E-state index is -4.44. The SMILES string of the molecule is CCCC/C=C\CCCCCC(O)C(=O)NC(CS(=O)(=O)O)C(O)/C=C/CC/C=C/CCCCCCC. The van der Waals surface area contributed by atoms with Crippen LogP contribution in [0.25, 0.3) is 0 Å². The highest BCUT2D eigenvalue weighted by Gasteiger charge is 2.27. The highest BCUT2D eigenvalue weighted by Crippen LogP contribution is 2.10. The zero-order valence-electron chi connectivity index (χ0n) is 23.2. The van der Waals surface area contributed by atoms with Gasteiger partial charge >= 0.3 is 0 Å². The van der Waals surface area contributed by atoms with E-state index in [1.54, 1.807) is 6.08 Å². The van der Waals surface area contributed by atoms with Gasteiger partial charge in [0.15, 0.2) is 0 Å². The number of amides is 1. The van der Waals surface area contributed by atoms with E-state index in [1.165, 1.54) is 51.0 Å². The Morgan fingerprint density at radius 3 is 1.84 bits per heavy atom. The summed E-state index contributed by atoms with van der Waals surface area (Å²) in [7, 11) is -4.44. The zero-order chi connectivity index (χ0) is 27.8. The summed E-state index contributed by atoms with van der Waals surface area (Å²) in [5.41, 5.74) is 0. The first-order valence-electron chi connectivity index (χ1n) is 14.3. The van der Waals surface area contributed by atoms with Crippen molar-refractivity contribution in [1.29, 1.82) is 0 Å². The predicted octanol–water partition coefficient (Wildman–Crippen LogP) is 6.03. The minimum Gasteiger partial charge on any atom is -0.387 e. The van der Waals surface area contributed by atoms with Gasteiger partial charge in [0.25, 0.3) is 10.1 Å². The Morgan fingerprint density at radius 2 is 1.24 bits per heavy atom. The van der Waals surface area contributed by atoms with Gasteiger partial charge in [0, 0.05) is 0 Å². The van der Waals surface area contributed by atoms with Gasteiger partial charge in [-0.25, -0.2) is 0 Å². The number of allylic oxidation sites excluding steroid dienone is 5. The molecule has 3 unspecified atom stereocenters. The number of aliphatic hydroxyl groups is 2. The number of hydrogen-bond donors (Lipinski definition) is 4. The fourth-order valence-electron chi connectivity index (χ4n) is 3.86. The maximum atomic E-state index is 12.4. The molecule has 0 bridgehead atoms. The highest BCUT2D eigenvalue weighted by atomic mass is 32.2. The van der Waals surface area contributed by atoms with E-state index in [0.29, 0.717) is 12.8 Å². The number of rotatable bonds is 24. The second-order valence-electron chi connectivity index (χ2n) is 9.80. The van der Waals surface area contributed by atoms with Crippen molar-refractivity contribution < 1.29 is 28.0 Å². The zero-order valence-corrected chi connectivity index (χ0v) is 24.0. The van der Waals surface area contributed by atoms with Gasteiger partial charge in [-0.05, 0) is 51.4 Å². The summed E-state index contributed by atoms with van der Waals surface area (Å²) in [5.74, 6) is -1.58. The van der Waals surface area contributed by atoms with Gasteiger partial charge in [-0.15, -0.1) is 0 Å². The molecule has 37 heavy (non-hydrogen) atoms. The van der Waals surface area contributed by atoms with Crippen LogP contribution in [0.3, 0.4) is 0 Å². The molecule has 1 amide bonds. The molecule has 4 N–H and O–H groups in total. The Morgan fingerprint density at radius 1 is 0.730 bits per heavy atom. The van der Waals surface area contributed by atoms with Crippen LogP contribution >= 0.6 is 0 Å². The molecule has 0 heterocycles. The van der Waals surface area contributed by atoms with Crippen LogP contribution in [0.15, 0.2) is 36.5 Å². The van der Waals surface area contributed by atoms with Gasteiger partial charge in [0.2, 0.25) is 5.91 Å². The van der Waals surface area contributed by atoms with E-state index in [1.807, 2.05) is 0 Å². The molecule has 216 valence electrons. The number of nitrogens with one attached hydrogen (secondary N) is 1. The third-order valence-corrected chi connectivity index (χ3v) is 6.93. The Bertz CT molecular complexity index is 747. The molecular formula is C29H53NO6S. The summed E-state index contributed by atoms with van der Waals surface area (Å²) < 4.78 is 32.1. The average Bonchev–Trinajstić information content (AvgIpc) is 2.84. The fourth-order valence-corrected chi connectivity index (χ4v) is 4.59. The van der Waals surface area contributed by atoms with Crippen molar-refractivity contribution in [3.8, 4) is 0 Å². The molecule has 0 saturated heterocycles. The lowest BCUT2D eigenvalue weighted by Crippen LogP contribution is -2.50. The van der Waals surface area contributed by atoms with Gasteiger partial charge in [-0.1, -0.05) is 102 Å². The minimum absolute atomic E-state index is 0.251. The lowest BCUT2D eigenvalue weighted by Gasteiger charge is -2.22. The van der Waals surface area contributed by atoms with Gasteiger partial charge in [-0.3, -0.25) is 9.35 Å². The molecule has 0 aliphatic heterocycles. The van der Waals surface area contributed by atoms with E-state index in [2.05, 4.69) is 43.5 Å². The third-order valence-electron chi connectivity index (χ3n) is 6.15. The monoisotopic (exact) mass is 543 g/mol. The molecule has 8 heteroatoms. The van der Waals surface area contributed by atoms with Gasteiger partial charge < -0.3 is 15.5 Å². The topological polar surface area (TPSA) is 124 Å². The lowest BCUT2D eigenvalue weighted by molar-refractivity contribution is -0.130. The summed E-state index contributed by atoms with van der Waals surface area (Å²) in [5, 5.41) is 23.0. The van der Waals surface area contributed by atoms with E-state index < -0.39 is 40.0 Å². The molecule has 0 aromatic rings. The molecular weight excluding hydrogens is 490 g/mol. The van der Waals surface area contributed by atoms with Crippen molar-refractivity contribution in [3.05, 3.63) is 36.5 Å². The van der Waals surface area contributed by atoms with Gasteiger partial charge in [0.1, 0.15) is 6.10 Å². The molecule has 0 aromatic carbocycles. The Labute approximate surface area is 226 Å². The summed E-state index contributed by atoms with van der Waals surface area (Å²) in [6, 6.07) is -1.25.